The zero-order valence-corrected chi connectivity index (χ0v) is 13.3. The van der Waals surface area contributed by atoms with Crippen molar-refractivity contribution in [1.82, 2.24) is 25.0 Å². The number of carbonyl (C=O) groups excluding carboxylic acids is 2. The van der Waals surface area contributed by atoms with E-state index in [1.165, 1.54) is 18.1 Å². The molecule has 0 radical (unpaired) electrons. The fraction of sp³-hybridized carbons (Fsp3) is 0.333. The Bertz CT molecular complexity index is 672. The van der Waals surface area contributed by atoms with Crippen molar-refractivity contribution in [3.05, 3.63) is 48.0 Å². The molecule has 1 aromatic heterocycles. The van der Waals surface area contributed by atoms with Crippen molar-refractivity contribution in [1.29, 1.82) is 0 Å². The minimum atomic E-state index is -0.132. The molecule has 0 atom stereocenters. The lowest BCUT2D eigenvalue weighted by atomic mass is 10.1. The fourth-order valence-corrected chi connectivity index (χ4v) is 3.14. The van der Waals surface area contributed by atoms with Crippen LogP contribution in [0.2, 0.25) is 0 Å². The van der Waals surface area contributed by atoms with Crippen molar-refractivity contribution in [2.24, 2.45) is 0 Å². The van der Waals surface area contributed by atoms with Gasteiger partial charge in [0.05, 0.1) is 18.2 Å². The van der Waals surface area contributed by atoms with Gasteiger partial charge in [-0.1, -0.05) is 24.3 Å². The maximum absolute atomic E-state index is 11.9. The van der Waals surface area contributed by atoms with Gasteiger partial charge in [-0.3, -0.25) is 9.59 Å². The van der Waals surface area contributed by atoms with E-state index in [2.05, 4.69) is 15.4 Å². The Balaban J connectivity index is 1.46. The van der Waals surface area contributed by atoms with Gasteiger partial charge in [0.2, 0.25) is 11.8 Å². The molecule has 120 valence electrons. The molecule has 0 saturated carbocycles. The molecule has 1 aliphatic rings. The summed E-state index contributed by atoms with van der Waals surface area (Å²) in [4.78, 5) is 28.8. The smallest absolute Gasteiger partial charge is 0.239 e. The van der Waals surface area contributed by atoms with Crippen molar-refractivity contribution in [3.8, 4) is 0 Å². The summed E-state index contributed by atoms with van der Waals surface area (Å²) in [5, 5.41) is 6.90. The van der Waals surface area contributed by atoms with E-state index in [-0.39, 0.29) is 18.4 Å². The normalized spacial score (nSPS) is 14.3. The predicted octanol–water partition coefficient (Wildman–Crippen LogP) is 0.475. The van der Waals surface area contributed by atoms with Crippen LogP contribution in [-0.4, -0.2) is 49.7 Å². The van der Waals surface area contributed by atoms with E-state index in [9.17, 15) is 9.59 Å². The Labute approximate surface area is 138 Å². The van der Waals surface area contributed by atoms with Gasteiger partial charge in [-0.15, -0.1) is 11.8 Å². The molecule has 0 spiro atoms. The molecule has 1 aromatic carbocycles. The number of amides is 2. The van der Waals surface area contributed by atoms with E-state index in [0.29, 0.717) is 24.7 Å². The number of hydrogen-bond acceptors (Lipinski definition) is 5. The lowest BCUT2D eigenvalue weighted by molar-refractivity contribution is -0.132. The number of thioether (sulfide) groups is 1. The Morgan fingerprint density at radius 1 is 1.26 bits per heavy atom. The molecule has 23 heavy (non-hydrogen) atoms. The minimum absolute atomic E-state index is 0.0302. The Morgan fingerprint density at radius 2 is 2.04 bits per heavy atom. The third kappa shape index (κ3) is 4.32. The molecular formula is C15H17N5O2S. The van der Waals surface area contributed by atoms with Crippen molar-refractivity contribution >= 4 is 23.6 Å². The van der Waals surface area contributed by atoms with E-state index in [4.69, 9.17) is 0 Å². The third-order valence-electron chi connectivity index (χ3n) is 3.48. The highest BCUT2D eigenvalue weighted by Crippen LogP contribution is 2.14. The van der Waals surface area contributed by atoms with Gasteiger partial charge in [-0.2, -0.15) is 5.10 Å². The second-order valence-electron chi connectivity index (χ2n) is 5.26. The van der Waals surface area contributed by atoms with Gasteiger partial charge in [0.15, 0.2) is 0 Å². The Morgan fingerprint density at radius 3 is 2.70 bits per heavy atom. The van der Waals surface area contributed by atoms with Crippen LogP contribution in [-0.2, 0) is 22.7 Å². The minimum Gasteiger partial charge on any atom is -0.350 e. The maximum atomic E-state index is 11.9. The van der Waals surface area contributed by atoms with Gasteiger partial charge in [-0.25, -0.2) is 9.67 Å². The SMILES string of the molecule is O=C(CN1CSCC1=O)NCc1ccc(Cn2cncn2)cc1. The molecule has 8 heteroatoms. The highest BCUT2D eigenvalue weighted by atomic mass is 32.2. The van der Waals surface area contributed by atoms with Crippen LogP contribution in [0.5, 0.6) is 0 Å². The van der Waals surface area contributed by atoms with Crippen LogP contribution in [0.25, 0.3) is 0 Å². The summed E-state index contributed by atoms with van der Waals surface area (Å²) in [5.41, 5.74) is 2.13. The summed E-state index contributed by atoms with van der Waals surface area (Å²) in [6.07, 6.45) is 3.18. The van der Waals surface area contributed by atoms with Gasteiger partial charge >= 0.3 is 0 Å². The first kappa shape index (κ1) is 15.5. The van der Waals surface area contributed by atoms with Crippen LogP contribution in [0.4, 0.5) is 0 Å². The van der Waals surface area contributed by atoms with Crippen LogP contribution < -0.4 is 5.32 Å². The van der Waals surface area contributed by atoms with E-state index in [1.807, 2.05) is 24.3 Å². The summed E-state index contributed by atoms with van der Waals surface area (Å²) < 4.78 is 1.75. The van der Waals surface area contributed by atoms with Crippen molar-refractivity contribution < 1.29 is 9.59 Å². The summed E-state index contributed by atoms with van der Waals surface area (Å²) in [5.74, 6) is 0.971. The zero-order chi connectivity index (χ0) is 16.1. The molecule has 7 nitrogen and oxygen atoms in total. The molecule has 1 fully saturated rings. The van der Waals surface area contributed by atoms with Crippen molar-refractivity contribution in [2.75, 3.05) is 18.2 Å². The van der Waals surface area contributed by atoms with Crippen molar-refractivity contribution in [2.45, 2.75) is 13.1 Å². The summed E-state index contributed by atoms with van der Waals surface area (Å²) in [6, 6.07) is 7.96. The monoisotopic (exact) mass is 331 g/mol. The number of hydrogen-bond donors (Lipinski definition) is 1. The highest BCUT2D eigenvalue weighted by Gasteiger charge is 2.22. The topological polar surface area (TPSA) is 80.1 Å². The van der Waals surface area contributed by atoms with Gasteiger partial charge < -0.3 is 10.2 Å². The average Bonchev–Trinajstić information content (AvgIpc) is 3.19. The van der Waals surface area contributed by atoms with Crippen LogP contribution in [0.15, 0.2) is 36.9 Å². The molecule has 2 amide bonds. The molecule has 0 aliphatic carbocycles. The van der Waals surface area contributed by atoms with Gasteiger partial charge in [0.25, 0.3) is 0 Å². The lowest BCUT2D eigenvalue weighted by Gasteiger charge is -2.14. The number of benzene rings is 1. The first-order chi connectivity index (χ1) is 11.2. The Hall–Kier alpha value is -2.35. The summed E-state index contributed by atoms with van der Waals surface area (Å²) in [6.45, 7) is 1.26. The van der Waals surface area contributed by atoms with Gasteiger partial charge in [-0.05, 0) is 11.1 Å². The van der Waals surface area contributed by atoms with Crippen LogP contribution in [0.3, 0.4) is 0 Å². The fourth-order valence-electron chi connectivity index (χ4n) is 2.23. The number of carbonyl (C=O) groups is 2. The highest BCUT2D eigenvalue weighted by molar-refractivity contribution is 8.00. The quantitative estimate of drug-likeness (QED) is 0.832. The molecule has 0 unspecified atom stereocenters. The number of nitrogens with one attached hydrogen (secondary N) is 1. The van der Waals surface area contributed by atoms with E-state index in [1.54, 1.807) is 15.9 Å². The second-order valence-corrected chi connectivity index (χ2v) is 6.21. The first-order valence-electron chi connectivity index (χ1n) is 7.23. The number of aromatic nitrogens is 3. The van der Waals surface area contributed by atoms with E-state index >= 15 is 0 Å². The molecule has 1 N–H and O–H groups in total. The summed E-state index contributed by atoms with van der Waals surface area (Å²) in [7, 11) is 0. The second kappa shape index (κ2) is 7.28. The number of rotatable bonds is 6. The van der Waals surface area contributed by atoms with Crippen LogP contribution in [0.1, 0.15) is 11.1 Å². The molecule has 2 heterocycles. The average molecular weight is 331 g/mol. The third-order valence-corrected chi connectivity index (χ3v) is 4.43. The standard InChI is InChI=1S/C15H17N5O2S/c21-14(7-19-11-23-8-15(19)22)17-5-12-1-3-13(4-2-12)6-20-10-16-9-18-20/h1-4,9-10H,5-8,11H2,(H,17,21). The zero-order valence-electron chi connectivity index (χ0n) is 12.5. The van der Waals surface area contributed by atoms with Crippen LogP contribution >= 0.6 is 11.8 Å². The largest absolute Gasteiger partial charge is 0.350 e. The molecule has 2 aromatic rings. The lowest BCUT2D eigenvalue weighted by Crippen LogP contribution is -2.37. The molecular weight excluding hydrogens is 314 g/mol. The maximum Gasteiger partial charge on any atom is 0.239 e. The molecule has 1 saturated heterocycles. The Kier molecular flexibility index (Phi) is 4.92. The molecule has 0 bridgehead atoms. The van der Waals surface area contributed by atoms with E-state index in [0.717, 1.165) is 11.1 Å². The van der Waals surface area contributed by atoms with Gasteiger partial charge in [0.1, 0.15) is 19.2 Å². The molecule has 1 aliphatic heterocycles. The van der Waals surface area contributed by atoms with Crippen LogP contribution in [0, 0.1) is 0 Å². The first-order valence-corrected chi connectivity index (χ1v) is 8.38. The number of nitrogens with zero attached hydrogens (tertiary/aromatic N) is 4. The summed E-state index contributed by atoms with van der Waals surface area (Å²) >= 11 is 1.53. The van der Waals surface area contributed by atoms with Crippen molar-refractivity contribution in [3.63, 3.8) is 0 Å². The predicted molar refractivity (Wildman–Crippen MR) is 86.5 cm³/mol. The molecule has 3 rings (SSSR count). The van der Waals surface area contributed by atoms with E-state index < -0.39 is 0 Å². The van der Waals surface area contributed by atoms with Gasteiger partial charge in [0, 0.05) is 6.54 Å².